The molecule has 3 rings (SSSR count). The van der Waals surface area contributed by atoms with E-state index >= 15 is 0 Å². The zero-order valence-electron chi connectivity index (χ0n) is 17.6. The molecule has 0 bridgehead atoms. The van der Waals surface area contributed by atoms with E-state index in [0.29, 0.717) is 25.6 Å². The van der Waals surface area contributed by atoms with Crippen molar-refractivity contribution >= 4 is 18.0 Å². The Balaban J connectivity index is 0.00000225. The van der Waals surface area contributed by atoms with Gasteiger partial charge in [-0.2, -0.15) is 0 Å². The van der Waals surface area contributed by atoms with Gasteiger partial charge in [-0.05, 0) is 18.4 Å². The molecule has 1 aliphatic heterocycles. The molecule has 0 saturated carbocycles. The van der Waals surface area contributed by atoms with E-state index in [0.717, 1.165) is 18.4 Å². The number of aromatic carboxylic acids is 1. The normalized spacial score (nSPS) is 17.7. The molecule has 0 aliphatic carbocycles. The summed E-state index contributed by atoms with van der Waals surface area (Å²) in [7, 11) is 0. The van der Waals surface area contributed by atoms with Gasteiger partial charge in [-0.1, -0.05) is 42.5 Å². The number of carboxylic acid groups (broad SMARTS) is 1. The summed E-state index contributed by atoms with van der Waals surface area (Å²) < 4.78 is 5.85. The molecule has 7 nitrogen and oxygen atoms in total. The molecule has 1 aliphatic rings. The summed E-state index contributed by atoms with van der Waals surface area (Å²) in [5.74, 6) is -0.448. The summed E-state index contributed by atoms with van der Waals surface area (Å²) in [6.45, 7) is 1.98. The van der Waals surface area contributed by atoms with E-state index in [2.05, 4.69) is 9.97 Å². The molecule has 0 spiro atoms. The van der Waals surface area contributed by atoms with E-state index in [1.54, 1.807) is 0 Å². The Morgan fingerprint density at radius 3 is 2.69 bits per heavy atom. The first-order valence-corrected chi connectivity index (χ1v) is 9.41. The molecule has 1 aromatic heterocycles. The van der Waals surface area contributed by atoms with Crippen molar-refractivity contribution in [1.82, 2.24) is 9.97 Å². The second-order valence-corrected chi connectivity index (χ2v) is 6.81. The zero-order valence-corrected chi connectivity index (χ0v) is 18.6. The summed E-state index contributed by atoms with van der Waals surface area (Å²) in [5, 5.41) is 18.6. The van der Waals surface area contributed by atoms with Gasteiger partial charge in [-0.25, -0.2) is 14.8 Å². The van der Waals surface area contributed by atoms with Gasteiger partial charge in [0.15, 0.2) is 0 Å². The molecule has 0 amide bonds. The fourth-order valence-corrected chi connectivity index (χ4v) is 3.13. The molecule has 8 heteroatoms. The molecule has 2 N–H and O–H groups in total. The molecular formula is C21H26N3NaO4. The maximum atomic E-state index is 10.9. The Kier molecular flexibility index (Phi) is 9.76. The summed E-state index contributed by atoms with van der Waals surface area (Å²) in [5.41, 5.74) is 1.19. The third-order valence-corrected chi connectivity index (χ3v) is 4.76. The number of aliphatic hydroxyl groups is 1. The summed E-state index contributed by atoms with van der Waals surface area (Å²) >= 11 is 0. The second kappa shape index (κ2) is 12.0. The summed E-state index contributed by atoms with van der Waals surface area (Å²) in [6, 6.07) is 10.0. The number of nitrogens with zero attached hydrogens (tertiary/aromatic N) is 3. The number of benzene rings is 1. The van der Waals surface area contributed by atoms with Crippen LogP contribution in [0.1, 0.15) is 30.2 Å². The average Bonchev–Trinajstić information content (AvgIpc) is 2.75. The quantitative estimate of drug-likeness (QED) is 0.575. The molecule has 1 saturated heterocycles. The van der Waals surface area contributed by atoms with Crippen LogP contribution < -0.4 is 34.5 Å². The third-order valence-electron chi connectivity index (χ3n) is 4.76. The Morgan fingerprint density at radius 1 is 1.31 bits per heavy atom. The van der Waals surface area contributed by atoms with Crippen LogP contribution in [0.2, 0.25) is 0 Å². The van der Waals surface area contributed by atoms with Gasteiger partial charge in [-0.3, -0.25) is 0 Å². The maximum Gasteiger partial charge on any atom is 1.00 e. The van der Waals surface area contributed by atoms with E-state index in [-0.39, 0.29) is 55.2 Å². The number of aliphatic hydroxyl groups excluding tert-OH is 1. The van der Waals surface area contributed by atoms with Gasteiger partial charge in [0.05, 0.1) is 18.3 Å². The predicted octanol–water partition coefficient (Wildman–Crippen LogP) is -0.401. The standard InChI is InChI=1S/C21H25N3O4.Na.H/c25-15-17(7-6-16-4-2-1-3-5-16)8-9-19-14-24(10-11-28-19)21-22-12-18(13-23-21)20(26)27;;/h1-7,12-13,17,19,25H,8-11,14-15H2,(H,26,27);;/q;+1;-1/b7-6+;;. The molecule has 1 aromatic carbocycles. The zero-order chi connectivity index (χ0) is 19.8. The predicted molar refractivity (Wildman–Crippen MR) is 107 cm³/mol. The topological polar surface area (TPSA) is 95.8 Å². The van der Waals surface area contributed by atoms with Crippen LogP contribution in [0.15, 0.2) is 48.8 Å². The monoisotopic (exact) mass is 407 g/mol. The SMILES string of the molecule is O=C(O)c1cnc(N2CCOC(CCC(/C=C/c3ccccc3)CO)C2)nc1.[H-].[Na+]. The number of hydrogen-bond acceptors (Lipinski definition) is 6. The van der Waals surface area contributed by atoms with Crippen molar-refractivity contribution < 1.29 is 50.7 Å². The number of morpholine rings is 1. The van der Waals surface area contributed by atoms with Crippen LogP contribution in [-0.2, 0) is 4.74 Å². The number of aromatic nitrogens is 2. The number of carbonyl (C=O) groups is 1. The van der Waals surface area contributed by atoms with E-state index in [1.165, 1.54) is 12.4 Å². The first kappa shape index (κ1) is 23.5. The van der Waals surface area contributed by atoms with Gasteiger partial charge in [0.2, 0.25) is 5.95 Å². The fourth-order valence-electron chi connectivity index (χ4n) is 3.13. The third kappa shape index (κ3) is 7.21. The van der Waals surface area contributed by atoms with Crippen LogP contribution in [-0.4, -0.2) is 58.6 Å². The van der Waals surface area contributed by atoms with Crippen molar-refractivity contribution in [3.63, 3.8) is 0 Å². The van der Waals surface area contributed by atoms with Crippen LogP contribution in [0.5, 0.6) is 0 Å². The molecule has 2 heterocycles. The van der Waals surface area contributed by atoms with Gasteiger partial charge < -0.3 is 21.3 Å². The molecule has 2 atom stereocenters. The van der Waals surface area contributed by atoms with Gasteiger partial charge in [-0.15, -0.1) is 0 Å². The van der Waals surface area contributed by atoms with Crippen molar-refractivity contribution in [2.24, 2.45) is 5.92 Å². The molecular weight excluding hydrogens is 381 g/mol. The fraction of sp³-hybridized carbons (Fsp3) is 0.381. The molecule has 150 valence electrons. The number of carboxylic acids is 1. The van der Waals surface area contributed by atoms with Crippen molar-refractivity contribution in [3.8, 4) is 0 Å². The first-order chi connectivity index (χ1) is 13.7. The molecule has 29 heavy (non-hydrogen) atoms. The summed E-state index contributed by atoms with van der Waals surface area (Å²) in [6.07, 6.45) is 8.38. The van der Waals surface area contributed by atoms with Crippen molar-refractivity contribution in [1.29, 1.82) is 0 Å². The van der Waals surface area contributed by atoms with E-state index in [1.807, 2.05) is 47.4 Å². The van der Waals surface area contributed by atoms with E-state index < -0.39 is 5.97 Å². The van der Waals surface area contributed by atoms with Crippen LogP contribution in [0.3, 0.4) is 0 Å². The van der Waals surface area contributed by atoms with Gasteiger partial charge in [0, 0.05) is 38.0 Å². The largest absolute Gasteiger partial charge is 1.00 e. The van der Waals surface area contributed by atoms with Crippen molar-refractivity contribution in [2.75, 3.05) is 31.2 Å². The Bertz CT molecular complexity index is 793. The smallest absolute Gasteiger partial charge is 1.00 e. The van der Waals surface area contributed by atoms with Crippen LogP contribution in [0.25, 0.3) is 6.08 Å². The second-order valence-electron chi connectivity index (χ2n) is 6.81. The van der Waals surface area contributed by atoms with Gasteiger partial charge in [0.1, 0.15) is 0 Å². The van der Waals surface area contributed by atoms with Crippen molar-refractivity contribution in [3.05, 3.63) is 59.9 Å². The number of anilines is 1. The first-order valence-electron chi connectivity index (χ1n) is 9.41. The van der Waals surface area contributed by atoms with Crippen LogP contribution in [0, 0.1) is 5.92 Å². The van der Waals surface area contributed by atoms with Gasteiger partial charge in [0.25, 0.3) is 0 Å². The number of hydrogen-bond donors (Lipinski definition) is 2. The van der Waals surface area contributed by atoms with Crippen molar-refractivity contribution in [2.45, 2.75) is 18.9 Å². The van der Waals surface area contributed by atoms with E-state index in [4.69, 9.17) is 9.84 Å². The Labute approximate surface area is 194 Å². The minimum absolute atomic E-state index is 0. The van der Waals surface area contributed by atoms with Crippen LogP contribution >= 0.6 is 0 Å². The molecule has 2 aromatic rings. The van der Waals surface area contributed by atoms with Gasteiger partial charge >= 0.3 is 35.5 Å². The maximum absolute atomic E-state index is 10.9. The minimum Gasteiger partial charge on any atom is -1.00 e. The number of ether oxygens (including phenoxy) is 1. The summed E-state index contributed by atoms with van der Waals surface area (Å²) in [4.78, 5) is 21.2. The molecule has 2 unspecified atom stereocenters. The average molecular weight is 407 g/mol. The Hall–Kier alpha value is -1.77. The van der Waals surface area contributed by atoms with E-state index in [9.17, 15) is 9.90 Å². The van der Waals surface area contributed by atoms with Crippen LogP contribution in [0.4, 0.5) is 5.95 Å². The Morgan fingerprint density at radius 2 is 2.03 bits per heavy atom. The number of rotatable bonds is 8. The molecule has 1 fully saturated rings. The minimum atomic E-state index is -1.04. The molecule has 0 radical (unpaired) electrons.